The summed E-state index contributed by atoms with van der Waals surface area (Å²) in [6.07, 6.45) is 2.66. The van der Waals surface area contributed by atoms with Crippen LogP contribution in [0.3, 0.4) is 0 Å². The molecule has 1 aliphatic rings. The van der Waals surface area contributed by atoms with Gasteiger partial charge < -0.3 is 15.7 Å². The van der Waals surface area contributed by atoms with Gasteiger partial charge in [-0.1, -0.05) is 55.5 Å². The number of carbonyl (C=O) groups is 1. The average molecular weight is 501 g/mol. The van der Waals surface area contributed by atoms with Crippen LogP contribution in [0, 0.1) is 0 Å². The highest BCUT2D eigenvalue weighted by Crippen LogP contribution is 2.30. The van der Waals surface area contributed by atoms with E-state index in [1.54, 1.807) is 17.8 Å². The van der Waals surface area contributed by atoms with Crippen LogP contribution >= 0.6 is 0 Å². The average Bonchev–Trinajstić information content (AvgIpc) is 3.23. The molecule has 3 N–H and O–H groups in total. The number of piperidine rings is 1. The Morgan fingerprint density at radius 2 is 1.76 bits per heavy atom. The van der Waals surface area contributed by atoms with Crippen molar-refractivity contribution >= 4 is 22.6 Å². The first-order valence-electron chi connectivity index (χ1n) is 12.6. The van der Waals surface area contributed by atoms with Crippen molar-refractivity contribution in [1.82, 2.24) is 24.2 Å². The van der Waals surface area contributed by atoms with Crippen molar-refractivity contribution in [1.29, 1.82) is 0 Å². The van der Waals surface area contributed by atoms with Crippen LogP contribution in [0.15, 0.2) is 65.7 Å². The Labute approximate surface area is 215 Å². The lowest BCUT2D eigenvalue weighted by molar-refractivity contribution is -0.136. The molecule has 1 saturated heterocycles. The van der Waals surface area contributed by atoms with Gasteiger partial charge in [-0.3, -0.25) is 18.8 Å². The number of hydrogen-bond donors (Lipinski definition) is 2. The van der Waals surface area contributed by atoms with Crippen molar-refractivity contribution in [3.05, 3.63) is 76.8 Å². The van der Waals surface area contributed by atoms with E-state index in [-0.39, 0.29) is 29.4 Å². The first kappa shape index (κ1) is 24.7. The highest BCUT2D eigenvalue weighted by atomic mass is 16.3. The zero-order valence-electron chi connectivity index (χ0n) is 21.2. The van der Waals surface area contributed by atoms with Crippen molar-refractivity contribution in [2.24, 2.45) is 7.05 Å². The molecule has 1 aliphatic heterocycles. The number of aliphatic hydroxyl groups is 1. The zero-order chi connectivity index (χ0) is 26.2. The van der Waals surface area contributed by atoms with Crippen LogP contribution < -0.4 is 11.3 Å². The van der Waals surface area contributed by atoms with Crippen molar-refractivity contribution in [3.8, 4) is 11.3 Å². The van der Waals surface area contributed by atoms with Crippen molar-refractivity contribution in [2.45, 2.75) is 44.2 Å². The van der Waals surface area contributed by atoms with Crippen molar-refractivity contribution in [3.63, 3.8) is 0 Å². The first-order chi connectivity index (χ1) is 17.8. The molecule has 0 spiro atoms. The van der Waals surface area contributed by atoms with E-state index >= 15 is 0 Å². The van der Waals surface area contributed by atoms with Gasteiger partial charge in [-0.2, -0.15) is 5.10 Å². The number of fused-ring (bicyclic) bond motifs is 1. The number of nitrogens with zero attached hydrogens (tertiary/aromatic N) is 5. The van der Waals surface area contributed by atoms with E-state index in [0.717, 1.165) is 11.1 Å². The van der Waals surface area contributed by atoms with E-state index in [9.17, 15) is 14.7 Å². The van der Waals surface area contributed by atoms with E-state index in [4.69, 9.17) is 5.73 Å². The molecule has 37 heavy (non-hydrogen) atoms. The number of para-hydroxylation sites is 1. The van der Waals surface area contributed by atoms with E-state index in [1.165, 1.54) is 10.9 Å². The predicted octanol–water partition coefficient (Wildman–Crippen LogP) is 2.93. The molecule has 5 rings (SSSR count). The molecular formula is C28H32N6O3. The van der Waals surface area contributed by atoms with Gasteiger partial charge in [0, 0.05) is 37.8 Å². The second-order valence-corrected chi connectivity index (χ2v) is 10.1. The lowest BCUT2D eigenvalue weighted by Gasteiger charge is -2.38. The molecule has 0 unspecified atom stereocenters. The van der Waals surface area contributed by atoms with Gasteiger partial charge >= 0.3 is 0 Å². The zero-order valence-corrected chi connectivity index (χ0v) is 21.2. The molecular weight excluding hydrogens is 468 g/mol. The van der Waals surface area contributed by atoms with Gasteiger partial charge in [0.25, 0.3) is 5.56 Å². The van der Waals surface area contributed by atoms with Crippen LogP contribution in [0.5, 0.6) is 0 Å². The van der Waals surface area contributed by atoms with Crippen LogP contribution in [0.1, 0.15) is 37.7 Å². The maximum atomic E-state index is 13.3. The fourth-order valence-electron chi connectivity index (χ4n) is 5.16. The molecule has 0 radical (unpaired) electrons. The van der Waals surface area contributed by atoms with Crippen molar-refractivity contribution < 1.29 is 9.90 Å². The molecule has 1 amide bonds. The number of aryl methyl sites for hydroxylation is 1. The Morgan fingerprint density at radius 3 is 2.46 bits per heavy atom. The summed E-state index contributed by atoms with van der Waals surface area (Å²) in [6.45, 7) is 3.04. The third-order valence-corrected chi connectivity index (χ3v) is 7.39. The van der Waals surface area contributed by atoms with E-state index in [0.29, 0.717) is 49.2 Å². The largest absolute Gasteiger partial charge is 0.398 e. The van der Waals surface area contributed by atoms with Gasteiger partial charge in [-0.25, -0.2) is 4.98 Å². The summed E-state index contributed by atoms with van der Waals surface area (Å²) in [7, 11) is 1.76. The summed E-state index contributed by atoms with van der Waals surface area (Å²) >= 11 is 0. The van der Waals surface area contributed by atoms with Gasteiger partial charge in [0.05, 0.1) is 24.2 Å². The SMILES string of the molecule is C[C@H](CC(=O)N1CCC(O)(Cn2cnc3c(-c4ccccc4N)n(C)nc3c2=O)CC1)c1ccccc1. The van der Waals surface area contributed by atoms with E-state index in [2.05, 4.69) is 17.0 Å². The van der Waals surface area contributed by atoms with Crippen LogP contribution in [0.2, 0.25) is 0 Å². The number of benzene rings is 2. The Hall–Kier alpha value is -3.98. The maximum Gasteiger partial charge on any atom is 0.281 e. The molecule has 1 fully saturated rings. The van der Waals surface area contributed by atoms with Gasteiger partial charge in [-0.15, -0.1) is 0 Å². The number of carbonyl (C=O) groups excluding carboxylic acids is 1. The third kappa shape index (κ3) is 4.86. The fraction of sp³-hybridized carbons (Fsp3) is 0.357. The number of hydrogen-bond acceptors (Lipinski definition) is 6. The molecule has 9 heteroatoms. The molecule has 0 saturated carbocycles. The minimum absolute atomic E-state index is 0.0832. The Bertz CT molecular complexity index is 1490. The fourth-order valence-corrected chi connectivity index (χ4v) is 5.16. The highest BCUT2D eigenvalue weighted by Gasteiger charge is 2.35. The van der Waals surface area contributed by atoms with Gasteiger partial charge in [0.15, 0.2) is 5.52 Å². The number of anilines is 1. The lowest BCUT2D eigenvalue weighted by Crippen LogP contribution is -2.49. The standard InChI is InChI=1S/C28H32N6O3/c1-19(20-8-4-3-5-9-20)16-23(35)33-14-12-28(37,13-15-33)17-34-18-30-24-25(27(34)36)31-32(2)26(24)21-10-6-7-11-22(21)29/h3-11,18-19,37H,12-17,29H2,1-2H3/t19-/m1/s1. The summed E-state index contributed by atoms with van der Waals surface area (Å²) in [4.78, 5) is 32.5. The second-order valence-electron chi connectivity index (χ2n) is 10.1. The molecule has 1 atom stereocenters. The van der Waals surface area contributed by atoms with Gasteiger partial charge in [-0.05, 0) is 30.4 Å². The smallest absolute Gasteiger partial charge is 0.281 e. The van der Waals surface area contributed by atoms with E-state index < -0.39 is 5.60 Å². The quantitative estimate of drug-likeness (QED) is 0.393. The maximum absolute atomic E-state index is 13.3. The molecule has 3 heterocycles. The Kier molecular flexibility index (Phi) is 6.55. The summed E-state index contributed by atoms with van der Waals surface area (Å²) in [5.41, 5.74) is 8.58. The number of rotatable bonds is 6. The molecule has 0 bridgehead atoms. The number of aromatic nitrogens is 4. The summed E-state index contributed by atoms with van der Waals surface area (Å²) in [5.74, 6) is 0.209. The van der Waals surface area contributed by atoms with Crippen LogP contribution in [-0.4, -0.2) is 53.9 Å². The minimum atomic E-state index is -1.11. The summed E-state index contributed by atoms with van der Waals surface area (Å²) in [5, 5.41) is 15.7. The molecule has 2 aromatic heterocycles. The lowest BCUT2D eigenvalue weighted by atomic mass is 9.90. The van der Waals surface area contributed by atoms with Gasteiger partial charge in [0.2, 0.25) is 5.91 Å². The highest BCUT2D eigenvalue weighted by molar-refractivity contribution is 5.92. The number of amides is 1. The number of nitrogens with two attached hydrogens (primary N) is 1. The monoisotopic (exact) mass is 500 g/mol. The number of likely N-dealkylation sites (tertiary alicyclic amines) is 1. The minimum Gasteiger partial charge on any atom is -0.398 e. The predicted molar refractivity (Wildman–Crippen MR) is 143 cm³/mol. The van der Waals surface area contributed by atoms with E-state index in [1.807, 2.05) is 53.4 Å². The van der Waals surface area contributed by atoms with Crippen LogP contribution in [0.25, 0.3) is 22.3 Å². The molecule has 9 nitrogen and oxygen atoms in total. The topological polar surface area (TPSA) is 119 Å². The summed E-state index contributed by atoms with van der Waals surface area (Å²) in [6, 6.07) is 17.4. The molecule has 4 aromatic rings. The molecule has 192 valence electrons. The Morgan fingerprint density at radius 1 is 1.08 bits per heavy atom. The summed E-state index contributed by atoms with van der Waals surface area (Å²) < 4.78 is 3.03. The molecule has 2 aromatic carbocycles. The third-order valence-electron chi connectivity index (χ3n) is 7.39. The Balaban J connectivity index is 1.29. The first-order valence-corrected chi connectivity index (χ1v) is 12.6. The second kappa shape index (κ2) is 9.82. The number of nitrogen functional groups attached to an aromatic ring is 1. The van der Waals surface area contributed by atoms with Crippen LogP contribution in [0.4, 0.5) is 5.69 Å². The molecule has 0 aliphatic carbocycles. The van der Waals surface area contributed by atoms with Crippen LogP contribution in [-0.2, 0) is 18.4 Å². The van der Waals surface area contributed by atoms with Gasteiger partial charge in [0.1, 0.15) is 5.52 Å². The normalized spacial score (nSPS) is 16.1. The van der Waals surface area contributed by atoms with Crippen molar-refractivity contribution in [2.75, 3.05) is 18.8 Å².